The molecule has 0 spiro atoms. The molecule has 2 rings (SSSR count). The lowest BCUT2D eigenvalue weighted by Gasteiger charge is -2.06. The Morgan fingerprint density at radius 2 is 1.95 bits per heavy atom. The minimum atomic E-state index is -0.193. The van der Waals surface area contributed by atoms with Crippen LogP contribution in [0.15, 0.2) is 18.2 Å². The van der Waals surface area contributed by atoms with E-state index in [1.165, 1.54) is 12.0 Å². The molecule has 0 saturated carbocycles. The third-order valence-corrected chi connectivity index (χ3v) is 3.24. The van der Waals surface area contributed by atoms with E-state index in [-0.39, 0.29) is 5.97 Å². The van der Waals surface area contributed by atoms with Crippen molar-refractivity contribution in [2.75, 3.05) is 26.2 Å². The summed E-state index contributed by atoms with van der Waals surface area (Å²) in [6.45, 7) is 6.65. The van der Waals surface area contributed by atoms with Crippen molar-refractivity contribution in [3.05, 3.63) is 34.9 Å². The molecule has 1 aromatic rings. The number of nitrogens with one attached hydrogen (secondary N) is 2. The van der Waals surface area contributed by atoms with Crippen LogP contribution < -0.4 is 10.6 Å². The first-order chi connectivity index (χ1) is 9.31. The third-order valence-electron chi connectivity index (χ3n) is 3.24. The number of carbonyl (C=O) groups is 1. The molecule has 4 heteroatoms. The van der Waals surface area contributed by atoms with E-state index in [1.807, 2.05) is 12.1 Å². The van der Waals surface area contributed by atoms with Crippen LogP contribution in [0, 0.1) is 0 Å². The molecule has 0 aliphatic carbocycles. The zero-order valence-electron chi connectivity index (χ0n) is 11.5. The molecular weight excluding hydrogens is 240 g/mol. The quantitative estimate of drug-likeness (QED) is 0.550. The van der Waals surface area contributed by atoms with Crippen LogP contribution in [0.4, 0.5) is 0 Å². The normalized spacial score (nSPS) is 13.4. The van der Waals surface area contributed by atoms with Crippen LogP contribution in [0.5, 0.6) is 0 Å². The highest BCUT2D eigenvalue weighted by atomic mass is 16.5. The van der Waals surface area contributed by atoms with Gasteiger partial charge in [-0.1, -0.05) is 19.1 Å². The molecule has 0 bridgehead atoms. The van der Waals surface area contributed by atoms with Gasteiger partial charge in [0.25, 0.3) is 0 Å². The van der Waals surface area contributed by atoms with Gasteiger partial charge in [0.15, 0.2) is 0 Å². The molecule has 0 atom stereocenters. The van der Waals surface area contributed by atoms with Crippen LogP contribution >= 0.6 is 0 Å². The molecule has 4 nitrogen and oxygen atoms in total. The maximum atomic E-state index is 11.3. The molecule has 104 valence electrons. The van der Waals surface area contributed by atoms with E-state index in [1.54, 1.807) is 0 Å². The van der Waals surface area contributed by atoms with Crippen molar-refractivity contribution >= 4 is 5.97 Å². The van der Waals surface area contributed by atoms with Gasteiger partial charge in [0.1, 0.15) is 6.61 Å². The van der Waals surface area contributed by atoms with Gasteiger partial charge in [0.05, 0.1) is 5.56 Å². The Bertz CT molecular complexity index is 432. The maximum absolute atomic E-state index is 11.3. The number of cyclic esters (lactones) is 1. The second kappa shape index (κ2) is 7.26. The summed E-state index contributed by atoms with van der Waals surface area (Å²) in [4.78, 5) is 11.3. The van der Waals surface area contributed by atoms with Crippen molar-refractivity contribution in [3.8, 4) is 0 Å². The Labute approximate surface area is 114 Å². The van der Waals surface area contributed by atoms with Gasteiger partial charge >= 0.3 is 5.97 Å². The number of hydrogen-bond donors (Lipinski definition) is 2. The van der Waals surface area contributed by atoms with Gasteiger partial charge in [0, 0.05) is 18.7 Å². The van der Waals surface area contributed by atoms with E-state index < -0.39 is 0 Å². The lowest BCUT2D eigenvalue weighted by atomic mass is 10.0. The molecule has 0 saturated heterocycles. The van der Waals surface area contributed by atoms with Crippen LogP contribution in [-0.4, -0.2) is 32.1 Å². The van der Waals surface area contributed by atoms with E-state index >= 15 is 0 Å². The van der Waals surface area contributed by atoms with E-state index in [9.17, 15) is 4.79 Å². The fourth-order valence-electron chi connectivity index (χ4n) is 2.18. The highest BCUT2D eigenvalue weighted by Gasteiger charge is 2.20. The molecule has 1 heterocycles. The van der Waals surface area contributed by atoms with Gasteiger partial charge in [0.2, 0.25) is 0 Å². The van der Waals surface area contributed by atoms with Crippen molar-refractivity contribution in [3.63, 3.8) is 0 Å². The topological polar surface area (TPSA) is 50.4 Å². The largest absolute Gasteiger partial charge is 0.457 e. The van der Waals surface area contributed by atoms with Crippen molar-refractivity contribution in [2.45, 2.75) is 26.4 Å². The van der Waals surface area contributed by atoms with Gasteiger partial charge in [-0.25, -0.2) is 4.79 Å². The smallest absolute Gasteiger partial charge is 0.338 e. The van der Waals surface area contributed by atoms with Crippen LogP contribution in [0.2, 0.25) is 0 Å². The standard InChI is InChI=1S/C15H22N2O2/c1-2-6-16-8-9-17-7-5-12-3-4-14-13(10-12)11-19-15(14)18/h3-4,10,16-17H,2,5-9,11H2,1H3. The first-order valence-electron chi connectivity index (χ1n) is 7.01. The molecular formula is C15H22N2O2. The number of rotatable bonds is 8. The van der Waals surface area contributed by atoms with Crippen molar-refractivity contribution in [2.24, 2.45) is 0 Å². The Hall–Kier alpha value is -1.39. The second-order valence-electron chi connectivity index (χ2n) is 4.82. The van der Waals surface area contributed by atoms with E-state index in [2.05, 4.69) is 23.6 Å². The average Bonchev–Trinajstić information content (AvgIpc) is 2.79. The molecule has 0 unspecified atom stereocenters. The maximum Gasteiger partial charge on any atom is 0.338 e. The lowest BCUT2D eigenvalue weighted by Crippen LogP contribution is -2.29. The first kappa shape index (κ1) is 14.0. The van der Waals surface area contributed by atoms with E-state index in [4.69, 9.17) is 4.74 Å². The number of fused-ring (bicyclic) bond motifs is 1. The summed E-state index contributed by atoms with van der Waals surface area (Å²) in [7, 11) is 0. The SMILES string of the molecule is CCCNCCNCCc1ccc2c(c1)COC2=O. The van der Waals surface area contributed by atoms with Gasteiger partial charge < -0.3 is 15.4 Å². The Kier molecular flexibility index (Phi) is 5.36. The number of carbonyl (C=O) groups excluding carboxylic acids is 1. The predicted molar refractivity (Wildman–Crippen MR) is 75.3 cm³/mol. The van der Waals surface area contributed by atoms with Crippen molar-refractivity contribution in [1.82, 2.24) is 10.6 Å². The number of esters is 1. The average molecular weight is 262 g/mol. The van der Waals surface area contributed by atoms with Gasteiger partial charge in [-0.2, -0.15) is 0 Å². The zero-order valence-corrected chi connectivity index (χ0v) is 11.5. The number of benzene rings is 1. The minimum Gasteiger partial charge on any atom is -0.457 e. The van der Waals surface area contributed by atoms with Gasteiger partial charge in [-0.15, -0.1) is 0 Å². The first-order valence-corrected chi connectivity index (χ1v) is 7.01. The molecule has 0 radical (unpaired) electrons. The number of ether oxygens (including phenoxy) is 1. The van der Waals surface area contributed by atoms with Crippen LogP contribution in [-0.2, 0) is 17.8 Å². The highest BCUT2D eigenvalue weighted by molar-refractivity contribution is 5.93. The van der Waals surface area contributed by atoms with Crippen molar-refractivity contribution in [1.29, 1.82) is 0 Å². The van der Waals surface area contributed by atoms with E-state index in [0.717, 1.165) is 43.7 Å². The monoisotopic (exact) mass is 262 g/mol. The summed E-state index contributed by atoms with van der Waals surface area (Å²) in [6.07, 6.45) is 2.16. The molecule has 0 fully saturated rings. The summed E-state index contributed by atoms with van der Waals surface area (Å²) in [5.74, 6) is -0.193. The van der Waals surface area contributed by atoms with Gasteiger partial charge in [-0.05, 0) is 37.6 Å². The lowest BCUT2D eigenvalue weighted by molar-refractivity contribution is 0.0535. The Morgan fingerprint density at radius 3 is 2.74 bits per heavy atom. The molecule has 2 N–H and O–H groups in total. The van der Waals surface area contributed by atoms with Crippen LogP contribution in [0.3, 0.4) is 0 Å². The van der Waals surface area contributed by atoms with Gasteiger partial charge in [-0.3, -0.25) is 0 Å². The summed E-state index contributed by atoms with van der Waals surface area (Å²) in [5.41, 5.74) is 3.00. The minimum absolute atomic E-state index is 0.193. The van der Waals surface area contributed by atoms with E-state index in [0.29, 0.717) is 6.61 Å². The van der Waals surface area contributed by atoms with Crippen LogP contribution in [0.25, 0.3) is 0 Å². The Balaban J connectivity index is 1.68. The highest BCUT2D eigenvalue weighted by Crippen LogP contribution is 2.20. The molecule has 0 amide bonds. The fraction of sp³-hybridized carbons (Fsp3) is 0.533. The molecule has 0 aromatic heterocycles. The summed E-state index contributed by atoms with van der Waals surface area (Å²) >= 11 is 0. The molecule has 1 aliphatic heterocycles. The second-order valence-corrected chi connectivity index (χ2v) is 4.82. The van der Waals surface area contributed by atoms with Crippen molar-refractivity contribution < 1.29 is 9.53 Å². The fourth-order valence-corrected chi connectivity index (χ4v) is 2.18. The van der Waals surface area contributed by atoms with Crippen LogP contribution in [0.1, 0.15) is 34.8 Å². The molecule has 1 aliphatic rings. The summed E-state index contributed by atoms with van der Waals surface area (Å²) in [6, 6.07) is 5.97. The molecule has 1 aromatic carbocycles. The number of hydrogen-bond acceptors (Lipinski definition) is 4. The molecule has 19 heavy (non-hydrogen) atoms. The summed E-state index contributed by atoms with van der Waals surface area (Å²) in [5, 5.41) is 6.76. The predicted octanol–water partition coefficient (Wildman–Crippen LogP) is 1.49. The third kappa shape index (κ3) is 4.04. The Morgan fingerprint density at radius 1 is 1.16 bits per heavy atom. The summed E-state index contributed by atoms with van der Waals surface area (Å²) < 4.78 is 5.00. The zero-order chi connectivity index (χ0) is 13.5.